The highest BCUT2D eigenvalue weighted by Crippen LogP contribution is 2.41. The highest BCUT2D eigenvalue weighted by molar-refractivity contribution is 5.71. The van der Waals surface area contributed by atoms with Gasteiger partial charge in [-0.25, -0.2) is 24.0 Å². The van der Waals surface area contributed by atoms with E-state index in [2.05, 4.69) is 20.1 Å². The lowest BCUT2D eigenvalue weighted by atomic mass is 9.79. The zero-order chi connectivity index (χ0) is 21.4. The van der Waals surface area contributed by atoms with Gasteiger partial charge in [0.1, 0.15) is 31.2 Å². The van der Waals surface area contributed by atoms with Crippen LogP contribution in [0, 0.1) is 5.82 Å². The van der Waals surface area contributed by atoms with Crippen molar-refractivity contribution < 1.29 is 18.7 Å². The monoisotopic (exact) mass is 414 g/mol. The molecule has 0 aliphatic rings. The third-order valence-electron chi connectivity index (χ3n) is 4.80. The predicted molar refractivity (Wildman–Crippen MR) is 105 cm³/mol. The molecular formula is C20H23FN6O3. The molecule has 30 heavy (non-hydrogen) atoms. The van der Waals surface area contributed by atoms with Crippen LogP contribution in [0.1, 0.15) is 24.1 Å². The van der Waals surface area contributed by atoms with Gasteiger partial charge in [0.05, 0.1) is 31.6 Å². The van der Waals surface area contributed by atoms with Crippen LogP contribution in [0.4, 0.5) is 4.39 Å². The van der Waals surface area contributed by atoms with Gasteiger partial charge in [-0.15, -0.1) is 0 Å². The Balaban J connectivity index is 2.01. The SMILES string of the molecule is C[C@@H](c1ncncc1F)[C@@](Cn1cncn1)(OCCOC(=O)CN)c1ccccc1. The average molecular weight is 414 g/mol. The van der Waals surface area contributed by atoms with Crippen molar-refractivity contribution in [2.24, 2.45) is 5.73 Å². The Morgan fingerprint density at radius 1 is 1.23 bits per heavy atom. The zero-order valence-electron chi connectivity index (χ0n) is 16.5. The lowest BCUT2D eigenvalue weighted by Crippen LogP contribution is -2.42. The van der Waals surface area contributed by atoms with Crippen molar-refractivity contribution in [2.75, 3.05) is 19.8 Å². The number of esters is 1. The van der Waals surface area contributed by atoms with Gasteiger partial charge in [0.25, 0.3) is 0 Å². The molecule has 158 valence electrons. The molecule has 0 aliphatic heterocycles. The van der Waals surface area contributed by atoms with Crippen molar-refractivity contribution >= 4 is 5.97 Å². The molecule has 10 heteroatoms. The van der Waals surface area contributed by atoms with Gasteiger partial charge in [0.15, 0.2) is 5.82 Å². The van der Waals surface area contributed by atoms with E-state index in [-0.39, 0.29) is 32.0 Å². The number of carbonyl (C=O) groups is 1. The maximum Gasteiger partial charge on any atom is 0.319 e. The lowest BCUT2D eigenvalue weighted by Gasteiger charge is -2.39. The Kier molecular flexibility index (Phi) is 7.15. The van der Waals surface area contributed by atoms with E-state index in [4.69, 9.17) is 15.2 Å². The van der Waals surface area contributed by atoms with E-state index in [1.165, 1.54) is 12.7 Å². The Morgan fingerprint density at radius 2 is 2.03 bits per heavy atom. The maximum atomic E-state index is 14.6. The molecule has 3 rings (SSSR count). The Labute approximate surface area is 173 Å². The van der Waals surface area contributed by atoms with E-state index >= 15 is 0 Å². The van der Waals surface area contributed by atoms with Gasteiger partial charge < -0.3 is 15.2 Å². The summed E-state index contributed by atoms with van der Waals surface area (Å²) >= 11 is 0. The van der Waals surface area contributed by atoms with E-state index in [1.54, 1.807) is 11.0 Å². The number of hydrogen-bond acceptors (Lipinski definition) is 8. The van der Waals surface area contributed by atoms with E-state index in [0.29, 0.717) is 0 Å². The number of nitrogens with zero attached hydrogens (tertiary/aromatic N) is 5. The summed E-state index contributed by atoms with van der Waals surface area (Å²) in [5.74, 6) is -1.62. The normalized spacial score (nSPS) is 14.1. The molecule has 1 aromatic carbocycles. The van der Waals surface area contributed by atoms with Crippen molar-refractivity contribution in [2.45, 2.75) is 25.0 Å². The molecule has 0 fully saturated rings. The molecule has 2 heterocycles. The van der Waals surface area contributed by atoms with E-state index < -0.39 is 23.3 Å². The fraction of sp³-hybridized carbons (Fsp3) is 0.350. The van der Waals surface area contributed by atoms with Crippen LogP contribution >= 0.6 is 0 Å². The molecule has 9 nitrogen and oxygen atoms in total. The third-order valence-corrected chi connectivity index (χ3v) is 4.80. The molecule has 0 saturated heterocycles. The lowest BCUT2D eigenvalue weighted by molar-refractivity contribution is -0.148. The topological polar surface area (TPSA) is 118 Å². The molecule has 0 aliphatic carbocycles. The number of carbonyl (C=O) groups excluding carboxylic acids is 1. The summed E-state index contributed by atoms with van der Waals surface area (Å²) < 4.78 is 27.6. The summed E-state index contributed by atoms with van der Waals surface area (Å²) in [6.07, 6.45) is 5.38. The number of rotatable bonds is 10. The van der Waals surface area contributed by atoms with E-state index in [9.17, 15) is 9.18 Å². The van der Waals surface area contributed by atoms with Gasteiger partial charge in [-0.05, 0) is 5.56 Å². The van der Waals surface area contributed by atoms with E-state index in [1.807, 2.05) is 37.3 Å². The van der Waals surface area contributed by atoms with Crippen LogP contribution in [0.3, 0.4) is 0 Å². The van der Waals surface area contributed by atoms with Crippen LogP contribution in [0.25, 0.3) is 0 Å². The van der Waals surface area contributed by atoms with E-state index in [0.717, 1.165) is 11.8 Å². The van der Waals surface area contributed by atoms with Crippen molar-refractivity contribution in [3.63, 3.8) is 0 Å². The summed E-state index contributed by atoms with van der Waals surface area (Å²) in [7, 11) is 0. The van der Waals surface area contributed by atoms with Crippen molar-refractivity contribution in [3.05, 3.63) is 72.6 Å². The number of halogens is 1. The fourth-order valence-electron chi connectivity index (χ4n) is 3.31. The minimum atomic E-state index is -1.08. The zero-order valence-corrected chi connectivity index (χ0v) is 16.5. The Bertz CT molecular complexity index is 941. The average Bonchev–Trinajstić information content (AvgIpc) is 3.29. The first kappa shape index (κ1) is 21.5. The summed E-state index contributed by atoms with van der Waals surface area (Å²) in [6.45, 7) is 1.90. The molecule has 0 saturated carbocycles. The first-order valence-corrected chi connectivity index (χ1v) is 9.40. The second-order valence-electron chi connectivity index (χ2n) is 6.60. The highest BCUT2D eigenvalue weighted by atomic mass is 19.1. The minimum Gasteiger partial charge on any atom is -0.462 e. The van der Waals surface area contributed by atoms with Gasteiger partial charge in [-0.3, -0.25) is 4.79 Å². The largest absolute Gasteiger partial charge is 0.462 e. The van der Waals surface area contributed by atoms with Gasteiger partial charge >= 0.3 is 5.97 Å². The molecule has 0 radical (unpaired) electrons. The van der Waals surface area contributed by atoms with Crippen LogP contribution in [-0.4, -0.2) is 50.5 Å². The number of hydrogen-bond donors (Lipinski definition) is 1. The highest BCUT2D eigenvalue weighted by Gasteiger charge is 2.43. The van der Waals surface area contributed by atoms with Gasteiger partial charge in [-0.2, -0.15) is 5.10 Å². The molecule has 2 atom stereocenters. The Morgan fingerprint density at radius 3 is 2.70 bits per heavy atom. The summed E-state index contributed by atoms with van der Waals surface area (Å²) in [5, 5.41) is 4.19. The smallest absolute Gasteiger partial charge is 0.319 e. The molecule has 2 aromatic heterocycles. The Hall–Kier alpha value is -3.24. The molecular weight excluding hydrogens is 391 g/mol. The third kappa shape index (κ3) is 4.84. The number of ether oxygens (including phenoxy) is 2. The number of nitrogens with two attached hydrogens (primary N) is 1. The summed E-state index contributed by atoms with van der Waals surface area (Å²) in [5.41, 5.74) is 5.18. The predicted octanol–water partition coefficient (Wildman–Crippen LogP) is 1.42. The van der Waals surface area contributed by atoms with Crippen LogP contribution in [0.15, 0.2) is 55.5 Å². The second-order valence-corrected chi connectivity index (χ2v) is 6.60. The summed E-state index contributed by atoms with van der Waals surface area (Å²) in [6, 6.07) is 9.39. The number of aromatic nitrogens is 5. The van der Waals surface area contributed by atoms with Gasteiger partial charge in [0.2, 0.25) is 0 Å². The van der Waals surface area contributed by atoms with Gasteiger partial charge in [-0.1, -0.05) is 37.3 Å². The van der Waals surface area contributed by atoms with Crippen LogP contribution in [0.2, 0.25) is 0 Å². The molecule has 0 unspecified atom stereocenters. The van der Waals surface area contributed by atoms with Gasteiger partial charge in [0, 0.05) is 5.92 Å². The van der Waals surface area contributed by atoms with Crippen molar-refractivity contribution in [1.29, 1.82) is 0 Å². The quantitative estimate of drug-likeness (QED) is 0.391. The van der Waals surface area contributed by atoms with Crippen LogP contribution in [0.5, 0.6) is 0 Å². The maximum absolute atomic E-state index is 14.6. The van der Waals surface area contributed by atoms with Crippen molar-refractivity contribution in [3.8, 4) is 0 Å². The van der Waals surface area contributed by atoms with Crippen LogP contribution < -0.4 is 5.73 Å². The summed E-state index contributed by atoms with van der Waals surface area (Å²) in [4.78, 5) is 23.3. The molecule has 0 amide bonds. The fourth-order valence-corrected chi connectivity index (χ4v) is 3.31. The first-order chi connectivity index (χ1) is 14.6. The molecule has 2 N–H and O–H groups in total. The number of benzene rings is 1. The second kappa shape index (κ2) is 9.99. The molecule has 0 spiro atoms. The molecule has 3 aromatic rings. The van der Waals surface area contributed by atoms with Crippen molar-refractivity contribution in [1.82, 2.24) is 24.7 Å². The van der Waals surface area contributed by atoms with Crippen LogP contribution in [-0.2, 0) is 26.4 Å². The standard InChI is InChI=1S/C20H23FN6O3/c1-15(19-17(21)10-23-12-25-19)20(11-27-14-24-13-26-27,16-5-3-2-4-6-16)30-8-7-29-18(28)9-22/h2-6,10,12-15H,7-9,11,22H2,1H3/t15-,20+/m0/s1. The minimum absolute atomic E-state index is 0.000942. The first-order valence-electron chi connectivity index (χ1n) is 9.40. The molecule has 0 bridgehead atoms.